The number of furan rings is 1. The molecule has 0 saturated carbocycles. The summed E-state index contributed by atoms with van der Waals surface area (Å²) < 4.78 is 5.54. The Bertz CT molecular complexity index is 675. The lowest BCUT2D eigenvalue weighted by atomic mass is 9.94. The predicted molar refractivity (Wildman–Crippen MR) is 77.3 cm³/mol. The number of hydrogen-bond acceptors (Lipinski definition) is 3. The highest BCUT2D eigenvalue weighted by molar-refractivity contribution is 5.96. The third kappa shape index (κ3) is 2.53. The maximum absolute atomic E-state index is 12.2. The van der Waals surface area contributed by atoms with Crippen LogP contribution in [0.15, 0.2) is 28.7 Å². The highest BCUT2D eigenvalue weighted by atomic mass is 16.3. The maximum Gasteiger partial charge on any atom is 0.288 e. The molecule has 0 spiro atoms. The maximum atomic E-state index is 12.2. The monoisotopic (exact) mass is 270 g/mol. The Labute approximate surface area is 118 Å². The van der Waals surface area contributed by atoms with Crippen LogP contribution in [-0.2, 0) is 0 Å². The van der Waals surface area contributed by atoms with Gasteiger partial charge in [-0.25, -0.2) is 0 Å². The van der Waals surface area contributed by atoms with Gasteiger partial charge in [0.1, 0.15) is 11.1 Å². The molecule has 4 heteroatoms. The van der Waals surface area contributed by atoms with E-state index in [1.807, 2.05) is 39.0 Å². The third-order valence-corrected chi connectivity index (χ3v) is 3.67. The number of amides is 1. The van der Waals surface area contributed by atoms with Crippen LogP contribution in [0.4, 0.5) is 0 Å². The number of hydrogen-bond donors (Lipinski definition) is 1. The molecule has 1 N–H and O–H groups in total. The summed E-state index contributed by atoms with van der Waals surface area (Å²) in [4.78, 5) is 12.2. The number of carbonyl (C=O) groups excluding carboxylic acids is 1. The summed E-state index contributed by atoms with van der Waals surface area (Å²) in [5.41, 5.74) is 0.960. The molecule has 104 valence electrons. The molecular weight excluding hydrogens is 252 g/mol. The number of nitrogens with one attached hydrogen (secondary N) is 1. The summed E-state index contributed by atoms with van der Waals surface area (Å²) in [5, 5.41) is 12.9. The van der Waals surface area contributed by atoms with Gasteiger partial charge in [0.2, 0.25) is 0 Å². The van der Waals surface area contributed by atoms with E-state index in [2.05, 4.69) is 11.4 Å². The Morgan fingerprint density at radius 3 is 2.65 bits per heavy atom. The zero-order valence-electron chi connectivity index (χ0n) is 12.0. The van der Waals surface area contributed by atoms with Crippen molar-refractivity contribution in [2.75, 3.05) is 0 Å². The molecular formula is C16H18N2O2. The second-order valence-corrected chi connectivity index (χ2v) is 5.01. The number of nitriles is 1. The van der Waals surface area contributed by atoms with Gasteiger partial charge < -0.3 is 9.73 Å². The number of rotatable bonds is 4. The van der Waals surface area contributed by atoms with E-state index in [9.17, 15) is 10.1 Å². The average Bonchev–Trinajstić information content (AvgIpc) is 2.88. The molecule has 0 radical (unpaired) electrons. The fraction of sp³-hybridized carbons (Fsp3) is 0.375. The summed E-state index contributed by atoms with van der Waals surface area (Å²) >= 11 is 0. The quantitative estimate of drug-likeness (QED) is 0.923. The Hall–Kier alpha value is -2.28. The first-order chi connectivity index (χ1) is 9.53. The van der Waals surface area contributed by atoms with Crippen LogP contribution in [0.3, 0.4) is 0 Å². The topological polar surface area (TPSA) is 66.0 Å². The van der Waals surface area contributed by atoms with Gasteiger partial charge in [0, 0.05) is 5.39 Å². The molecule has 0 aliphatic rings. The molecule has 0 unspecified atom stereocenters. The Kier molecular flexibility index (Phi) is 3.80. The van der Waals surface area contributed by atoms with Crippen LogP contribution in [0.2, 0.25) is 0 Å². The summed E-state index contributed by atoms with van der Waals surface area (Å²) in [7, 11) is 0. The third-order valence-electron chi connectivity index (χ3n) is 3.67. The van der Waals surface area contributed by atoms with Crippen molar-refractivity contribution in [3.05, 3.63) is 35.6 Å². The first-order valence-corrected chi connectivity index (χ1v) is 6.77. The van der Waals surface area contributed by atoms with Crippen LogP contribution in [0.25, 0.3) is 11.0 Å². The molecule has 2 aromatic rings. The minimum atomic E-state index is -0.827. The fourth-order valence-electron chi connectivity index (χ4n) is 2.17. The Morgan fingerprint density at radius 2 is 2.05 bits per heavy atom. The zero-order valence-corrected chi connectivity index (χ0v) is 12.0. The van der Waals surface area contributed by atoms with E-state index in [0.29, 0.717) is 18.4 Å². The second-order valence-electron chi connectivity index (χ2n) is 5.01. The summed E-state index contributed by atoms with van der Waals surface area (Å²) in [6, 6.07) is 9.64. The average molecular weight is 270 g/mol. The number of carbonyl (C=O) groups is 1. The number of fused-ring (bicyclic) bond motifs is 1. The van der Waals surface area contributed by atoms with Crippen molar-refractivity contribution >= 4 is 16.9 Å². The van der Waals surface area contributed by atoms with Crippen molar-refractivity contribution in [3.63, 3.8) is 0 Å². The summed E-state index contributed by atoms with van der Waals surface area (Å²) in [6.45, 7) is 5.76. The molecule has 2 rings (SSSR count). The highest BCUT2D eigenvalue weighted by Crippen LogP contribution is 2.22. The molecule has 0 aliphatic carbocycles. The zero-order chi connectivity index (χ0) is 14.8. The fourth-order valence-corrected chi connectivity index (χ4v) is 2.17. The van der Waals surface area contributed by atoms with Gasteiger partial charge in [-0.3, -0.25) is 4.79 Å². The molecule has 1 aromatic heterocycles. The lowest BCUT2D eigenvalue weighted by Gasteiger charge is -2.24. The molecule has 1 aromatic carbocycles. The lowest BCUT2D eigenvalue weighted by Crippen LogP contribution is -2.46. The van der Waals surface area contributed by atoms with E-state index in [1.165, 1.54) is 0 Å². The molecule has 4 nitrogen and oxygen atoms in total. The summed E-state index contributed by atoms with van der Waals surface area (Å²) in [5.74, 6) is -0.101. The van der Waals surface area contributed by atoms with Crippen molar-refractivity contribution in [1.29, 1.82) is 5.26 Å². The van der Waals surface area contributed by atoms with Crippen molar-refractivity contribution in [3.8, 4) is 6.07 Å². The first-order valence-electron chi connectivity index (χ1n) is 6.77. The van der Waals surface area contributed by atoms with Crippen LogP contribution in [0, 0.1) is 18.3 Å². The van der Waals surface area contributed by atoms with Crippen LogP contribution >= 0.6 is 0 Å². The Balaban J connectivity index is 2.30. The van der Waals surface area contributed by atoms with Crippen LogP contribution < -0.4 is 5.32 Å². The van der Waals surface area contributed by atoms with Gasteiger partial charge in [-0.05, 0) is 38.0 Å². The van der Waals surface area contributed by atoms with E-state index in [1.54, 1.807) is 6.07 Å². The van der Waals surface area contributed by atoms with Gasteiger partial charge in [-0.2, -0.15) is 5.26 Å². The van der Waals surface area contributed by atoms with Gasteiger partial charge in [0.05, 0.1) is 6.07 Å². The van der Waals surface area contributed by atoms with Crippen molar-refractivity contribution in [1.82, 2.24) is 5.32 Å². The van der Waals surface area contributed by atoms with E-state index in [0.717, 1.165) is 10.9 Å². The van der Waals surface area contributed by atoms with E-state index < -0.39 is 5.54 Å². The number of aryl methyl sites for hydroxylation is 1. The first kappa shape index (κ1) is 14.1. The van der Waals surface area contributed by atoms with Crippen molar-refractivity contribution in [2.24, 2.45) is 0 Å². The van der Waals surface area contributed by atoms with Crippen LogP contribution in [0.1, 0.15) is 42.8 Å². The highest BCUT2D eigenvalue weighted by Gasteiger charge is 2.29. The molecule has 1 amide bonds. The van der Waals surface area contributed by atoms with E-state index >= 15 is 0 Å². The molecule has 1 heterocycles. The van der Waals surface area contributed by atoms with Crippen molar-refractivity contribution in [2.45, 2.75) is 39.2 Å². The largest absolute Gasteiger partial charge is 0.451 e. The molecule has 0 fully saturated rings. The van der Waals surface area contributed by atoms with Crippen LogP contribution in [-0.4, -0.2) is 11.4 Å². The van der Waals surface area contributed by atoms with Crippen molar-refractivity contribution < 1.29 is 9.21 Å². The van der Waals surface area contributed by atoms with Gasteiger partial charge in [0.25, 0.3) is 5.91 Å². The van der Waals surface area contributed by atoms with Gasteiger partial charge in [-0.1, -0.05) is 25.5 Å². The second kappa shape index (κ2) is 5.38. The minimum Gasteiger partial charge on any atom is -0.451 e. The smallest absolute Gasteiger partial charge is 0.288 e. The molecule has 0 bridgehead atoms. The number of benzene rings is 1. The predicted octanol–water partition coefficient (Wildman–Crippen LogP) is 3.55. The molecule has 20 heavy (non-hydrogen) atoms. The molecule has 0 atom stereocenters. The van der Waals surface area contributed by atoms with E-state index in [4.69, 9.17) is 4.42 Å². The lowest BCUT2D eigenvalue weighted by molar-refractivity contribution is 0.0889. The van der Waals surface area contributed by atoms with E-state index in [-0.39, 0.29) is 11.7 Å². The molecule has 0 aliphatic heterocycles. The number of nitrogens with zero attached hydrogens (tertiary/aromatic N) is 1. The van der Waals surface area contributed by atoms with Gasteiger partial charge >= 0.3 is 0 Å². The standard InChI is InChI=1S/C16H18N2O2/c1-4-16(5-2,10-17)18-15(19)14-9-12-8-11(3)6-7-13(12)20-14/h6-9H,4-5H2,1-3H3,(H,18,19). The normalized spacial score (nSPS) is 11.3. The van der Waals surface area contributed by atoms with Gasteiger partial charge in [-0.15, -0.1) is 0 Å². The minimum absolute atomic E-state index is 0.243. The SMILES string of the molecule is CCC(C#N)(CC)NC(=O)c1cc2cc(C)ccc2o1. The molecule has 0 saturated heterocycles. The Morgan fingerprint density at radius 1 is 1.35 bits per heavy atom. The summed E-state index contributed by atoms with van der Waals surface area (Å²) in [6.07, 6.45) is 1.12. The van der Waals surface area contributed by atoms with Crippen LogP contribution in [0.5, 0.6) is 0 Å². The van der Waals surface area contributed by atoms with Gasteiger partial charge in [0.15, 0.2) is 5.76 Å².